The number of esters is 3. The van der Waals surface area contributed by atoms with Gasteiger partial charge >= 0.3 is 17.9 Å². The summed E-state index contributed by atoms with van der Waals surface area (Å²) in [5.41, 5.74) is 0. The molecule has 6 heteroatoms. The molecule has 0 N–H and O–H groups in total. The van der Waals surface area contributed by atoms with E-state index in [2.05, 4.69) is 118 Å². The van der Waals surface area contributed by atoms with Gasteiger partial charge in [0.15, 0.2) is 6.10 Å². The van der Waals surface area contributed by atoms with E-state index in [1.54, 1.807) is 0 Å². The predicted molar refractivity (Wildman–Crippen MR) is 284 cm³/mol. The molecule has 0 aromatic carbocycles. The minimum Gasteiger partial charge on any atom is -0.462 e. The van der Waals surface area contributed by atoms with Gasteiger partial charge in [0.1, 0.15) is 13.2 Å². The Morgan fingerprint density at radius 1 is 0.318 bits per heavy atom. The molecule has 0 saturated carbocycles. The number of rotatable bonds is 48. The molecule has 0 spiro atoms. The van der Waals surface area contributed by atoms with E-state index < -0.39 is 6.10 Å². The molecule has 1 atom stereocenters. The Balaban J connectivity index is 4.46. The summed E-state index contributed by atoms with van der Waals surface area (Å²) in [6, 6.07) is 0. The molecule has 0 saturated heterocycles. The van der Waals surface area contributed by atoms with Gasteiger partial charge in [0.05, 0.1) is 0 Å². The molecule has 0 aromatic rings. The molecular weight excluding hydrogens is 817 g/mol. The highest BCUT2D eigenvalue weighted by molar-refractivity contribution is 5.71. The Labute approximate surface area is 407 Å². The van der Waals surface area contributed by atoms with Crippen LogP contribution >= 0.6 is 0 Å². The van der Waals surface area contributed by atoms with Crippen LogP contribution < -0.4 is 0 Å². The van der Waals surface area contributed by atoms with Crippen molar-refractivity contribution >= 4 is 17.9 Å². The molecule has 66 heavy (non-hydrogen) atoms. The van der Waals surface area contributed by atoms with Gasteiger partial charge in [-0.2, -0.15) is 0 Å². The van der Waals surface area contributed by atoms with Crippen LogP contribution in [-0.4, -0.2) is 37.2 Å². The fraction of sp³-hybridized carbons (Fsp3) is 0.683. The molecule has 0 rings (SSSR count). The van der Waals surface area contributed by atoms with Crippen molar-refractivity contribution in [2.45, 2.75) is 252 Å². The van der Waals surface area contributed by atoms with Crippen molar-refractivity contribution in [3.05, 3.63) is 97.2 Å². The second-order valence-corrected chi connectivity index (χ2v) is 17.7. The van der Waals surface area contributed by atoms with E-state index in [9.17, 15) is 14.4 Å². The molecule has 0 radical (unpaired) electrons. The van der Waals surface area contributed by atoms with Crippen LogP contribution in [-0.2, 0) is 28.6 Å². The molecule has 376 valence electrons. The Kier molecular flexibility index (Phi) is 50.9. The first kappa shape index (κ1) is 62.3. The number of ether oxygens (including phenoxy) is 3. The van der Waals surface area contributed by atoms with E-state index in [1.165, 1.54) is 83.5 Å². The van der Waals surface area contributed by atoms with Gasteiger partial charge in [-0.15, -0.1) is 0 Å². The van der Waals surface area contributed by atoms with Crippen LogP contribution in [0.2, 0.25) is 0 Å². The summed E-state index contributed by atoms with van der Waals surface area (Å²) in [7, 11) is 0. The molecule has 0 aliphatic heterocycles. The van der Waals surface area contributed by atoms with E-state index in [1.807, 2.05) is 0 Å². The fourth-order valence-electron chi connectivity index (χ4n) is 7.31. The van der Waals surface area contributed by atoms with Crippen LogP contribution in [0.25, 0.3) is 0 Å². The molecular formula is C60H100O6. The number of carbonyl (C=O) groups excluding carboxylic acids is 3. The molecule has 0 bridgehead atoms. The third-order valence-corrected chi connectivity index (χ3v) is 11.3. The van der Waals surface area contributed by atoms with Gasteiger partial charge in [0.2, 0.25) is 0 Å². The zero-order valence-electron chi connectivity index (χ0n) is 42.9. The fourth-order valence-corrected chi connectivity index (χ4v) is 7.31. The van der Waals surface area contributed by atoms with Crippen LogP contribution in [0.4, 0.5) is 0 Å². The Morgan fingerprint density at radius 2 is 0.591 bits per heavy atom. The van der Waals surface area contributed by atoms with E-state index >= 15 is 0 Å². The second kappa shape index (κ2) is 53.9. The quantitative estimate of drug-likeness (QED) is 0.0262. The summed E-state index contributed by atoms with van der Waals surface area (Å²) in [5.74, 6) is -0.953. The first-order valence-corrected chi connectivity index (χ1v) is 27.2. The lowest BCUT2D eigenvalue weighted by atomic mass is 10.0. The Bertz CT molecular complexity index is 1330. The van der Waals surface area contributed by atoms with Gasteiger partial charge in [-0.3, -0.25) is 14.4 Å². The minimum absolute atomic E-state index is 0.0979. The Morgan fingerprint density at radius 3 is 0.955 bits per heavy atom. The van der Waals surface area contributed by atoms with E-state index in [4.69, 9.17) is 14.2 Å². The molecule has 0 aliphatic carbocycles. The standard InChI is InChI=1S/C60H100O6/c1-4-7-10-13-16-19-22-25-28-29-30-31-33-35-38-41-44-47-50-53-59(62)65-56-57(55-64-58(61)52-49-46-43-40-37-34-27-24-21-18-15-12-9-6-3)66-60(63)54-51-48-45-42-39-36-32-26-23-20-17-14-11-8-5-2/h7-8,10-11,16-17,19-20,25-26,28,30-32,39,42,57H,4-6,9,12-15,18,21-24,27,29,33-38,40-41,43-56H2,1-3H3/b10-7-,11-8-,19-16-,20-17-,28-25-,31-30-,32-26-,42-39-. The van der Waals surface area contributed by atoms with Crippen molar-refractivity contribution in [2.75, 3.05) is 13.2 Å². The summed E-state index contributed by atoms with van der Waals surface area (Å²) in [5, 5.41) is 0. The van der Waals surface area contributed by atoms with Crippen molar-refractivity contribution in [2.24, 2.45) is 0 Å². The average molecular weight is 917 g/mol. The molecule has 0 aliphatic rings. The highest BCUT2D eigenvalue weighted by Crippen LogP contribution is 2.15. The van der Waals surface area contributed by atoms with Crippen LogP contribution in [0.5, 0.6) is 0 Å². The second-order valence-electron chi connectivity index (χ2n) is 17.7. The highest BCUT2D eigenvalue weighted by atomic mass is 16.6. The summed E-state index contributed by atoms with van der Waals surface area (Å²) in [4.78, 5) is 38.1. The third kappa shape index (κ3) is 51.3. The predicted octanol–water partition coefficient (Wildman–Crippen LogP) is 18.1. The highest BCUT2D eigenvalue weighted by Gasteiger charge is 2.19. The summed E-state index contributed by atoms with van der Waals surface area (Å²) < 4.78 is 16.8. The maximum Gasteiger partial charge on any atom is 0.306 e. The normalized spacial score (nSPS) is 12.8. The van der Waals surface area contributed by atoms with Gasteiger partial charge in [0, 0.05) is 19.3 Å². The van der Waals surface area contributed by atoms with Crippen molar-refractivity contribution in [3.8, 4) is 0 Å². The zero-order chi connectivity index (χ0) is 47.9. The number of hydrogen-bond donors (Lipinski definition) is 0. The van der Waals surface area contributed by atoms with Gasteiger partial charge < -0.3 is 14.2 Å². The number of carbonyl (C=O) groups is 3. The van der Waals surface area contributed by atoms with Crippen LogP contribution in [0.1, 0.15) is 245 Å². The summed E-state index contributed by atoms with van der Waals surface area (Å²) in [6.07, 6.45) is 71.1. The molecule has 6 nitrogen and oxygen atoms in total. The van der Waals surface area contributed by atoms with Gasteiger partial charge in [-0.25, -0.2) is 0 Å². The summed E-state index contributed by atoms with van der Waals surface area (Å²) >= 11 is 0. The molecule has 0 heterocycles. The van der Waals surface area contributed by atoms with Crippen LogP contribution in [0.3, 0.4) is 0 Å². The van der Waals surface area contributed by atoms with Crippen molar-refractivity contribution in [1.82, 2.24) is 0 Å². The third-order valence-electron chi connectivity index (χ3n) is 11.3. The Hall–Kier alpha value is -3.67. The van der Waals surface area contributed by atoms with Gasteiger partial charge in [-0.1, -0.05) is 227 Å². The van der Waals surface area contributed by atoms with Gasteiger partial charge in [0.25, 0.3) is 0 Å². The SMILES string of the molecule is CC/C=C\C/C=C\C/C=C\C/C=C\CCCCCCCCC(=O)OCC(COC(=O)CCCCCCCCCCCCCCCC)OC(=O)CCCC/C=C\C/C=C\C/C=C\C/C=C\CC. The minimum atomic E-state index is -0.804. The molecule has 0 amide bonds. The van der Waals surface area contributed by atoms with Crippen LogP contribution in [0.15, 0.2) is 97.2 Å². The topological polar surface area (TPSA) is 78.9 Å². The van der Waals surface area contributed by atoms with Crippen molar-refractivity contribution in [3.63, 3.8) is 0 Å². The number of allylic oxidation sites excluding steroid dienone is 16. The van der Waals surface area contributed by atoms with E-state index in [0.29, 0.717) is 19.3 Å². The van der Waals surface area contributed by atoms with E-state index in [-0.39, 0.29) is 37.5 Å². The first-order chi connectivity index (χ1) is 32.5. The first-order valence-electron chi connectivity index (χ1n) is 27.2. The number of unbranched alkanes of at least 4 members (excludes halogenated alkanes) is 21. The monoisotopic (exact) mass is 917 g/mol. The lowest BCUT2D eigenvalue weighted by Crippen LogP contribution is -2.30. The molecule has 0 fully saturated rings. The zero-order valence-corrected chi connectivity index (χ0v) is 42.9. The van der Waals surface area contributed by atoms with Gasteiger partial charge in [-0.05, 0) is 96.3 Å². The molecule has 1 unspecified atom stereocenters. The number of hydrogen-bond acceptors (Lipinski definition) is 6. The lowest BCUT2D eigenvalue weighted by Gasteiger charge is -2.18. The van der Waals surface area contributed by atoms with Crippen molar-refractivity contribution < 1.29 is 28.6 Å². The molecule has 0 aromatic heterocycles. The smallest absolute Gasteiger partial charge is 0.306 e. The lowest BCUT2D eigenvalue weighted by molar-refractivity contribution is -0.167. The van der Waals surface area contributed by atoms with Crippen LogP contribution in [0, 0.1) is 0 Å². The van der Waals surface area contributed by atoms with E-state index in [0.717, 1.165) is 116 Å². The largest absolute Gasteiger partial charge is 0.462 e. The van der Waals surface area contributed by atoms with Crippen molar-refractivity contribution in [1.29, 1.82) is 0 Å². The maximum absolute atomic E-state index is 12.8. The summed E-state index contributed by atoms with van der Waals surface area (Å²) in [6.45, 7) is 6.37. The maximum atomic E-state index is 12.8. The average Bonchev–Trinajstić information content (AvgIpc) is 3.31.